The van der Waals surface area contributed by atoms with Gasteiger partial charge >= 0.3 is 0 Å². The number of ether oxygens (including phenoxy) is 1. The van der Waals surface area contributed by atoms with Gasteiger partial charge in [-0.2, -0.15) is 10.1 Å². The Kier molecular flexibility index (Phi) is 4.97. The quantitative estimate of drug-likeness (QED) is 0.456. The van der Waals surface area contributed by atoms with E-state index in [1.165, 1.54) is 6.20 Å². The van der Waals surface area contributed by atoms with Crippen LogP contribution in [0.25, 0.3) is 16.9 Å². The Morgan fingerprint density at radius 1 is 0.969 bits per heavy atom. The van der Waals surface area contributed by atoms with Crippen LogP contribution in [-0.2, 0) is 0 Å². The normalized spacial score (nSPS) is 10.8. The highest BCUT2D eigenvalue weighted by atomic mass is 16.5. The molecule has 0 aliphatic rings. The van der Waals surface area contributed by atoms with Gasteiger partial charge in [-0.3, -0.25) is 9.78 Å². The van der Waals surface area contributed by atoms with E-state index in [2.05, 4.69) is 30.4 Å². The predicted molar refractivity (Wildman–Crippen MR) is 118 cm³/mol. The van der Waals surface area contributed by atoms with Gasteiger partial charge < -0.3 is 10.1 Å². The number of nitrogens with zero attached hydrogens (tertiary/aromatic N) is 6. The van der Waals surface area contributed by atoms with Crippen LogP contribution in [0.2, 0.25) is 0 Å². The van der Waals surface area contributed by atoms with Crippen LogP contribution in [0.4, 0.5) is 5.69 Å². The topological polar surface area (TPSA) is 108 Å². The van der Waals surface area contributed by atoms with Gasteiger partial charge in [-0.25, -0.2) is 14.6 Å². The number of carbonyl (C=O) groups excluding carboxylic acids is 1. The summed E-state index contributed by atoms with van der Waals surface area (Å²) in [6, 6.07) is 17.9. The highest BCUT2D eigenvalue weighted by Gasteiger charge is 2.10. The highest BCUT2D eigenvalue weighted by molar-refractivity contribution is 6.03. The van der Waals surface area contributed by atoms with Gasteiger partial charge in [0.05, 0.1) is 17.2 Å². The molecule has 5 rings (SSSR count). The number of para-hydroxylation sites is 2. The van der Waals surface area contributed by atoms with Crippen LogP contribution in [0, 0.1) is 6.92 Å². The van der Waals surface area contributed by atoms with Crippen LogP contribution >= 0.6 is 0 Å². The van der Waals surface area contributed by atoms with Crippen molar-refractivity contribution in [3.63, 3.8) is 0 Å². The summed E-state index contributed by atoms with van der Waals surface area (Å²) in [4.78, 5) is 29.9. The summed E-state index contributed by atoms with van der Waals surface area (Å²) in [6.07, 6.45) is 4.93. The molecular weight excluding hydrogens is 406 g/mol. The number of anilines is 1. The fourth-order valence-corrected chi connectivity index (χ4v) is 3.09. The molecule has 0 radical (unpaired) electrons. The SMILES string of the molecule is Cc1nc(Oc2ccc(NC(=O)c3cnc4ccccc4n3)cc2)cc(-n2cccn2)n1. The molecule has 156 valence electrons. The number of nitrogens with one attached hydrogen (secondary N) is 1. The van der Waals surface area contributed by atoms with Crippen molar-refractivity contribution in [3.05, 3.63) is 90.8 Å². The van der Waals surface area contributed by atoms with Crippen LogP contribution in [0.3, 0.4) is 0 Å². The van der Waals surface area contributed by atoms with Gasteiger partial charge in [0.15, 0.2) is 5.82 Å². The van der Waals surface area contributed by atoms with E-state index in [-0.39, 0.29) is 11.6 Å². The van der Waals surface area contributed by atoms with Crippen molar-refractivity contribution < 1.29 is 9.53 Å². The highest BCUT2D eigenvalue weighted by Crippen LogP contribution is 2.23. The largest absolute Gasteiger partial charge is 0.439 e. The molecule has 1 N–H and O–H groups in total. The van der Waals surface area contributed by atoms with E-state index in [1.54, 1.807) is 54.3 Å². The van der Waals surface area contributed by atoms with Gasteiger partial charge in [0.1, 0.15) is 17.3 Å². The molecule has 0 saturated heterocycles. The first-order valence-corrected chi connectivity index (χ1v) is 9.81. The molecule has 3 aromatic heterocycles. The lowest BCUT2D eigenvalue weighted by Crippen LogP contribution is -2.14. The van der Waals surface area contributed by atoms with E-state index >= 15 is 0 Å². The van der Waals surface area contributed by atoms with E-state index in [9.17, 15) is 4.79 Å². The minimum absolute atomic E-state index is 0.242. The molecule has 9 heteroatoms. The number of amides is 1. The lowest BCUT2D eigenvalue weighted by Gasteiger charge is -2.09. The molecule has 0 spiro atoms. The number of benzene rings is 2. The van der Waals surface area contributed by atoms with Crippen molar-refractivity contribution in [1.29, 1.82) is 0 Å². The maximum atomic E-state index is 12.6. The predicted octanol–water partition coefficient (Wildman–Crippen LogP) is 3.96. The molecule has 0 unspecified atom stereocenters. The maximum absolute atomic E-state index is 12.6. The molecule has 1 amide bonds. The van der Waals surface area contributed by atoms with Crippen molar-refractivity contribution in [3.8, 4) is 17.4 Å². The number of carbonyl (C=O) groups is 1. The lowest BCUT2D eigenvalue weighted by molar-refractivity contribution is 0.102. The van der Waals surface area contributed by atoms with E-state index < -0.39 is 0 Å². The van der Waals surface area contributed by atoms with Crippen LogP contribution in [0.15, 0.2) is 79.3 Å². The van der Waals surface area contributed by atoms with Crippen molar-refractivity contribution in [2.75, 3.05) is 5.32 Å². The number of hydrogen-bond donors (Lipinski definition) is 1. The summed E-state index contributed by atoms with van der Waals surface area (Å²) in [5.41, 5.74) is 2.25. The molecule has 0 bridgehead atoms. The minimum atomic E-state index is -0.341. The molecule has 32 heavy (non-hydrogen) atoms. The molecule has 0 saturated carbocycles. The smallest absolute Gasteiger partial charge is 0.275 e. The Morgan fingerprint density at radius 2 is 1.78 bits per heavy atom. The molecule has 0 fully saturated rings. The van der Waals surface area contributed by atoms with Crippen molar-refractivity contribution in [2.24, 2.45) is 0 Å². The summed E-state index contributed by atoms with van der Waals surface area (Å²) < 4.78 is 7.50. The van der Waals surface area contributed by atoms with Gasteiger partial charge in [0, 0.05) is 24.1 Å². The average molecular weight is 423 g/mol. The molecule has 3 heterocycles. The average Bonchev–Trinajstić information content (AvgIpc) is 3.35. The Morgan fingerprint density at radius 3 is 2.56 bits per heavy atom. The number of rotatable bonds is 5. The van der Waals surface area contributed by atoms with Crippen molar-refractivity contribution >= 4 is 22.6 Å². The zero-order valence-corrected chi connectivity index (χ0v) is 17.0. The fraction of sp³-hybridized carbons (Fsp3) is 0.0435. The van der Waals surface area contributed by atoms with E-state index in [0.29, 0.717) is 34.5 Å². The third-order valence-corrected chi connectivity index (χ3v) is 4.56. The zero-order valence-electron chi connectivity index (χ0n) is 17.0. The third-order valence-electron chi connectivity index (χ3n) is 4.56. The molecule has 5 aromatic rings. The number of hydrogen-bond acceptors (Lipinski definition) is 7. The Labute approximate surface area is 182 Å². The third kappa shape index (κ3) is 4.12. The second-order valence-corrected chi connectivity index (χ2v) is 6.89. The number of fused-ring (bicyclic) bond motifs is 1. The number of aromatic nitrogens is 6. The van der Waals surface area contributed by atoms with Crippen LogP contribution in [-0.4, -0.2) is 35.6 Å². The van der Waals surface area contributed by atoms with Crippen molar-refractivity contribution in [2.45, 2.75) is 6.92 Å². The zero-order chi connectivity index (χ0) is 21.9. The minimum Gasteiger partial charge on any atom is -0.439 e. The number of aryl methyl sites for hydroxylation is 1. The molecule has 0 atom stereocenters. The summed E-state index contributed by atoms with van der Waals surface area (Å²) >= 11 is 0. The first kappa shape index (κ1) is 19.3. The van der Waals surface area contributed by atoms with Crippen LogP contribution < -0.4 is 10.1 Å². The maximum Gasteiger partial charge on any atom is 0.275 e. The van der Waals surface area contributed by atoms with Gasteiger partial charge in [-0.05, 0) is 49.4 Å². The Bertz CT molecular complexity index is 1400. The summed E-state index contributed by atoms with van der Waals surface area (Å²) in [7, 11) is 0. The monoisotopic (exact) mass is 423 g/mol. The molecular formula is C23H17N7O2. The first-order valence-electron chi connectivity index (χ1n) is 9.81. The van der Waals surface area contributed by atoms with E-state index in [0.717, 1.165) is 5.52 Å². The Hall–Kier alpha value is -4.66. The van der Waals surface area contributed by atoms with E-state index in [4.69, 9.17) is 4.74 Å². The molecule has 9 nitrogen and oxygen atoms in total. The van der Waals surface area contributed by atoms with Gasteiger partial charge in [-0.15, -0.1) is 0 Å². The van der Waals surface area contributed by atoms with Crippen molar-refractivity contribution in [1.82, 2.24) is 29.7 Å². The summed E-state index contributed by atoms with van der Waals surface area (Å²) in [5, 5.41) is 6.99. The molecule has 0 aliphatic carbocycles. The summed E-state index contributed by atoms with van der Waals surface area (Å²) in [5.74, 6) is 1.79. The lowest BCUT2D eigenvalue weighted by atomic mass is 10.2. The first-order chi connectivity index (χ1) is 15.6. The second kappa shape index (κ2) is 8.23. The molecule has 2 aromatic carbocycles. The van der Waals surface area contributed by atoms with E-state index in [1.807, 2.05) is 30.3 Å². The van der Waals surface area contributed by atoms with Gasteiger partial charge in [0.2, 0.25) is 5.88 Å². The Balaban J connectivity index is 1.29. The fourth-order valence-electron chi connectivity index (χ4n) is 3.09. The summed E-state index contributed by atoms with van der Waals surface area (Å²) in [6.45, 7) is 1.79. The molecule has 0 aliphatic heterocycles. The second-order valence-electron chi connectivity index (χ2n) is 6.89. The van der Waals surface area contributed by atoms with Crippen LogP contribution in [0.5, 0.6) is 11.6 Å². The standard InChI is InChI=1S/C23H17N7O2/c1-15-26-21(30-12-4-11-25-30)13-22(27-15)32-17-9-7-16(8-10-17)28-23(31)20-14-24-18-5-2-3-6-19(18)29-20/h2-14H,1H3,(H,28,31). The van der Waals surface area contributed by atoms with Gasteiger partial charge in [0.25, 0.3) is 5.91 Å². The van der Waals surface area contributed by atoms with Crippen LogP contribution in [0.1, 0.15) is 16.3 Å². The van der Waals surface area contributed by atoms with Gasteiger partial charge in [-0.1, -0.05) is 12.1 Å².